The number of phenolic OH excluding ortho intramolecular Hbond substituents is 1. The maximum Gasteiger partial charge on any atom is 0.290 e. The zero-order valence-corrected chi connectivity index (χ0v) is 25.7. The van der Waals surface area contributed by atoms with Crippen LogP contribution in [0.25, 0.3) is 11.3 Å². The number of carbonyl (C=O) groups excluding carboxylic acids is 2. The minimum atomic E-state index is -3.48. The Labute approximate surface area is 274 Å². The Morgan fingerprint density at radius 1 is 1.00 bits per heavy atom. The quantitative estimate of drug-likeness (QED) is 0.110. The molecule has 0 unspecified atom stereocenters. The van der Waals surface area contributed by atoms with Crippen molar-refractivity contribution in [1.82, 2.24) is 20.6 Å². The first-order chi connectivity index (χ1) is 23.1. The van der Waals surface area contributed by atoms with Crippen LogP contribution in [0.5, 0.6) is 5.75 Å². The average molecular weight is 652 g/mol. The highest BCUT2D eigenvalue weighted by molar-refractivity contribution is 6.07. The molecule has 1 spiro atoms. The number of rotatable bonds is 10. The molecule has 11 heteroatoms. The fourth-order valence-corrected chi connectivity index (χ4v) is 6.30. The van der Waals surface area contributed by atoms with E-state index in [9.17, 15) is 19.1 Å². The number of fused-ring (bicyclic) bond motifs is 1. The van der Waals surface area contributed by atoms with Crippen molar-refractivity contribution < 1.29 is 27.9 Å². The molecule has 5 aromatic rings. The molecular formula is C37H32F3N5O3. The number of aromatic hydroxyl groups is 1. The average Bonchev–Trinajstić information content (AvgIpc) is 3.72. The van der Waals surface area contributed by atoms with E-state index in [1.54, 1.807) is 18.2 Å². The number of amides is 2. The summed E-state index contributed by atoms with van der Waals surface area (Å²) in [7, 11) is 0. The Kier molecular flexibility index (Phi) is 7.90. The van der Waals surface area contributed by atoms with Gasteiger partial charge in [0, 0.05) is 54.0 Å². The second kappa shape index (κ2) is 12.2. The van der Waals surface area contributed by atoms with E-state index in [4.69, 9.17) is 0 Å². The van der Waals surface area contributed by atoms with Crippen LogP contribution in [-0.4, -0.2) is 39.0 Å². The number of aromatic nitrogens is 2. The number of anilines is 2. The van der Waals surface area contributed by atoms with Gasteiger partial charge in [0.15, 0.2) is 0 Å². The molecule has 1 aliphatic carbocycles. The van der Waals surface area contributed by atoms with Crippen molar-refractivity contribution in [2.45, 2.75) is 43.1 Å². The topological polar surface area (TPSA) is 119 Å². The largest absolute Gasteiger partial charge is 0.507 e. The summed E-state index contributed by atoms with van der Waals surface area (Å²) in [6.45, 7) is -0.209. The third kappa shape index (κ3) is 6.23. The first kappa shape index (κ1) is 31.0. The molecule has 2 amide bonds. The lowest BCUT2D eigenvalue weighted by molar-refractivity contribution is -0.0245. The first-order valence-electron chi connectivity index (χ1n) is 15.7. The number of hydrogen-bond acceptors (Lipinski definition) is 5. The molecule has 48 heavy (non-hydrogen) atoms. The van der Waals surface area contributed by atoms with Crippen LogP contribution in [0.2, 0.25) is 0 Å². The second-order valence-corrected chi connectivity index (χ2v) is 12.4. The maximum atomic E-state index is 16.2. The van der Waals surface area contributed by atoms with Crippen LogP contribution in [0.15, 0.2) is 97.2 Å². The van der Waals surface area contributed by atoms with Crippen molar-refractivity contribution in [2.75, 3.05) is 11.9 Å². The predicted octanol–water partition coefficient (Wildman–Crippen LogP) is 7.18. The minimum absolute atomic E-state index is 0.00586. The summed E-state index contributed by atoms with van der Waals surface area (Å²) in [5.41, 5.74) is 2.95. The zero-order chi connectivity index (χ0) is 33.5. The van der Waals surface area contributed by atoms with Crippen LogP contribution in [0, 0.1) is 5.82 Å². The molecule has 2 aliphatic rings. The molecule has 5 N–H and O–H groups in total. The van der Waals surface area contributed by atoms with Gasteiger partial charge in [0.25, 0.3) is 17.7 Å². The summed E-state index contributed by atoms with van der Waals surface area (Å²) in [6, 6.07) is 23.3. The number of aromatic amines is 1. The molecule has 8 nitrogen and oxygen atoms in total. The number of carbonyl (C=O) groups is 2. The van der Waals surface area contributed by atoms with E-state index in [1.165, 1.54) is 48.7 Å². The molecule has 3 heterocycles. The summed E-state index contributed by atoms with van der Waals surface area (Å²) >= 11 is 0. The van der Waals surface area contributed by atoms with Crippen LogP contribution >= 0.6 is 0 Å². The Hall–Kier alpha value is -5.58. The van der Waals surface area contributed by atoms with Gasteiger partial charge < -0.3 is 26.0 Å². The lowest BCUT2D eigenvalue weighted by Crippen LogP contribution is -2.43. The third-order valence-corrected chi connectivity index (χ3v) is 9.02. The van der Waals surface area contributed by atoms with Crippen molar-refractivity contribution in [2.24, 2.45) is 0 Å². The Bertz CT molecular complexity index is 1990. The Morgan fingerprint density at radius 3 is 2.46 bits per heavy atom. The number of para-hydroxylation sites is 2. The maximum absolute atomic E-state index is 16.2. The predicted molar refractivity (Wildman–Crippen MR) is 175 cm³/mol. The lowest BCUT2D eigenvalue weighted by atomic mass is 9.90. The van der Waals surface area contributed by atoms with Gasteiger partial charge in [0.2, 0.25) is 0 Å². The van der Waals surface area contributed by atoms with Gasteiger partial charge in [0.05, 0.1) is 22.5 Å². The van der Waals surface area contributed by atoms with E-state index in [-0.39, 0.29) is 29.3 Å². The normalized spacial score (nSPS) is 15.4. The van der Waals surface area contributed by atoms with Gasteiger partial charge in [-0.05, 0) is 66.9 Å². The number of pyridine rings is 1. The van der Waals surface area contributed by atoms with Crippen molar-refractivity contribution in [1.29, 1.82) is 0 Å². The number of alkyl halides is 2. The lowest BCUT2D eigenvalue weighted by Gasteiger charge is -2.24. The third-order valence-electron chi connectivity index (χ3n) is 9.02. The van der Waals surface area contributed by atoms with Crippen LogP contribution in [0.3, 0.4) is 0 Å². The summed E-state index contributed by atoms with van der Waals surface area (Å²) in [6.07, 6.45) is 2.92. The molecule has 7 rings (SSSR count). The van der Waals surface area contributed by atoms with Gasteiger partial charge in [0.1, 0.15) is 17.3 Å². The highest BCUT2D eigenvalue weighted by Crippen LogP contribution is 2.46. The van der Waals surface area contributed by atoms with E-state index < -0.39 is 35.7 Å². The molecule has 0 bridgehead atoms. The molecule has 0 radical (unpaired) electrons. The van der Waals surface area contributed by atoms with E-state index in [0.717, 1.165) is 24.2 Å². The summed E-state index contributed by atoms with van der Waals surface area (Å²) in [5, 5.41) is 19.2. The molecule has 1 atom stereocenters. The van der Waals surface area contributed by atoms with E-state index >= 15 is 8.78 Å². The monoisotopic (exact) mass is 651 g/mol. The summed E-state index contributed by atoms with van der Waals surface area (Å²) in [4.78, 5) is 33.6. The molecule has 3 aromatic carbocycles. The molecule has 0 saturated heterocycles. The van der Waals surface area contributed by atoms with E-state index in [1.807, 2.05) is 30.3 Å². The summed E-state index contributed by atoms with van der Waals surface area (Å²) < 4.78 is 46.3. The minimum Gasteiger partial charge on any atom is -0.507 e. The molecule has 1 aliphatic heterocycles. The van der Waals surface area contributed by atoms with Crippen LogP contribution < -0.4 is 16.0 Å². The van der Waals surface area contributed by atoms with E-state index in [2.05, 4.69) is 25.9 Å². The summed E-state index contributed by atoms with van der Waals surface area (Å²) in [5.74, 6) is -6.03. The standard InChI is InChI=1S/C37H32F3N5O3/c38-25-12-10-22(11-13-25)24(21-42-34(47)27-8-4-5-9-29(27)46)19-37(39,40)30-18-23(14-17-41-30)32-33(43-26-6-2-1-3-7-26)31-28(44-32)20-36(15-16-36)45-35(31)48/h1-14,17-18,24,43-44,46H,15-16,19-21H2,(H,42,47)(H,45,48)/t24-/m1/s1. The molecule has 2 aromatic heterocycles. The molecule has 1 saturated carbocycles. The van der Waals surface area contributed by atoms with Crippen LogP contribution in [0.1, 0.15) is 62.8 Å². The second-order valence-electron chi connectivity index (χ2n) is 12.4. The first-order valence-corrected chi connectivity index (χ1v) is 15.7. The van der Waals surface area contributed by atoms with Gasteiger partial charge in [-0.1, -0.05) is 42.5 Å². The molecule has 244 valence electrons. The SMILES string of the molecule is O=C(NC[C@@H](CC(F)(F)c1cc(-c2[nH]c3c(c2Nc2ccccc2)C(=O)NC2(CC2)C3)ccn1)c1ccc(F)cc1)c1ccccc1O. The smallest absolute Gasteiger partial charge is 0.290 e. The van der Waals surface area contributed by atoms with Gasteiger partial charge in [-0.25, -0.2) is 4.39 Å². The van der Waals surface area contributed by atoms with Crippen LogP contribution in [0.4, 0.5) is 24.5 Å². The number of H-pyrrole nitrogens is 1. The number of halogens is 3. The number of hydrogen-bond donors (Lipinski definition) is 5. The van der Waals surface area contributed by atoms with E-state index in [0.29, 0.717) is 34.5 Å². The van der Waals surface area contributed by atoms with Crippen LogP contribution in [-0.2, 0) is 12.3 Å². The van der Waals surface area contributed by atoms with Gasteiger partial charge in [-0.2, -0.15) is 8.78 Å². The molecular weight excluding hydrogens is 619 g/mol. The van der Waals surface area contributed by atoms with Crippen molar-refractivity contribution >= 4 is 23.2 Å². The zero-order valence-electron chi connectivity index (χ0n) is 25.7. The fourth-order valence-electron chi connectivity index (χ4n) is 6.30. The van der Waals surface area contributed by atoms with Crippen molar-refractivity contribution in [3.05, 3.63) is 131 Å². The molecule has 1 fully saturated rings. The van der Waals surface area contributed by atoms with Crippen molar-refractivity contribution in [3.8, 4) is 17.0 Å². The highest BCUT2D eigenvalue weighted by atomic mass is 19.3. The fraction of sp³-hybridized carbons (Fsp3) is 0.216. The number of nitrogens with zero attached hydrogens (tertiary/aromatic N) is 1. The Morgan fingerprint density at radius 2 is 1.73 bits per heavy atom. The highest BCUT2D eigenvalue weighted by Gasteiger charge is 2.49. The van der Waals surface area contributed by atoms with Gasteiger partial charge in [-0.15, -0.1) is 0 Å². The Balaban J connectivity index is 1.20. The number of phenols is 1. The van der Waals surface area contributed by atoms with Crippen molar-refractivity contribution in [3.63, 3.8) is 0 Å². The van der Waals surface area contributed by atoms with Gasteiger partial charge in [-0.3, -0.25) is 14.6 Å². The number of benzene rings is 3. The van der Waals surface area contributed by atoms with Gasteiger partial charge >= 0.3 is 0 Å². The number of nitrogens with one attached hydrogen (secondary N) is 4.